The van der Waals surface area contributed by atoms with Gasteiger partial charge in [-0.25, -0.2) is 0 Å². The summed E-state index contributed by atoms with van der Waals surface area (Å²) in [7, 11) is 1.13. The van der Waals surface area contributed by atoms with Gasteiger partial charge in [-0.05, 0) is 68.2 Å². The van der Waals surface area contributed by atoms with Gasteiger partial charge in [-0.3, -0.25) is 0 Å². The average Bonchev–Trinajstić information content (AvgIpc) is 2.68. The van der Waals surface area contributed by atoms with Crippen molar-refractivity contribution >= 4 is 0 Å². The third kappa shape index (κ3) is 1.60. The van der Waals surface area contributed by atoms with Crippen molar-refractivity contribution in [2.75, 3.05) is 20.6 Å². The number of ether oxygens (including phenoxy) is 1. The second-order valence-corrected chi connectivity index (χ2v) is 5.30. The molecule has 1 saturated carbocycles. The second kappa shape index (κ2) is 4.49. The van der Waals surface area contributed by atoms with Gasteiger partial charge in [0.2, 0.25) is 0 Å². The van der Waals surface area contributed by atoms with E-state index in [1.54, 1.807) is 0 Å². The second-order valence-electron chi connectivity index (χ2n) is 5.30. The molecule has 1 aromatic carbocycles. The summed E-state index contributed by atoms with van der Waals surface area (Å²) in [5.41, 5.74) is -3.57. The highest BCUT2D eigenvalue weighted by Gasteiger charge is 2.53. The summed E-state index contributed by atoms with van der Waals surface area (Å²) in [5, 5.41) is 0. The fraction of sp³-hybridized carbons (Fsp3) is 0.667. The summed E-state index contributed by atoms with van der Waals surface area (Å²) < 4.78 is 127. The topological polar surface area (TPSA) is 12.5 Å². The minimum atomic E-state index is -3.52. The highest BCUT2D eigenvalue weighted by molar-refractivity contribution is 5.45. The first-order valence-corrected chi connectivity index (χ1v) is 6.74. The van der Waals surface area contributed by atoms with E-state index in [2.05, 4.69) is 0 Å². The lowest BCUT2D eigenvalue weighted by atomic mass is 9.52. The van der Waals surface area contributed by atoms with Gasteiger partial charge in [-0.15, -0.1) is 0 Å². The standard InChI is InChI=1S/C18H25NO/c1-19-10-9-18-8-4-3-5-15(18)17(19)11-13-6-7-14(20-2)12-16(13)18/h6-7,12,15,17H,3-5,8-11H2,1-2H3/t15-,17+,18+/m1/s1/i1D3,6D,7D,9D2,10D2,11D2,12D,15D,17D. The van der Waals surface area contributed by atoms with Gasteiger partial charge in [0.05, 0.1) is 11.2 Å². The third-order valence-electron chi connectivity index (χ3n) is 4.30. The molecule has 3 aliphatic rings. The van der Waals surface area contributed by atoms with Gasteiger partial charge in [0.25, 0.3) is 0 Å². The number of likely N-dealkylation sites (tertiary alicyclic amines) is 1. The first kappa shape index (κ1) is 4.74. The van der Waals surface area contributed by atoms with Crippen molar-refractivity contribution in [3.8, 4) is 5.75 Å². The fourth-order valence-corrected chi connectivity index (χ4v) is 3.35. The van der Waals surface area contributed by atoms with Crippen molar-refractivity contribution in [1.29, 1.82) is 0 Å². The van der Waals surface area contributed by atoms with E-state index in [1.807, 2.05) is 0 Å². The van der Waals surface area contributed by atoms with Gasteiger partial charge in [0, 0.05) is 26.5 Å². The molecule has 0 amide bonds. The van der Waals surface area contributed by atoms with Crippen LogP contribution in [0.2, 0.25) is 0 Å². The molecule has 2 fully saturated rings. The molecule has 0 unspecified atom stereocenters. The van der Waals surface area contributed by atoms with Crippen LogP contribution in [0.4, 0.5) is 0 Å². The summed E-state index contributed by atoms with van der Waals surface area (Å²) in [4.78, 5) is -0.149. The number of benzene rings is 1. The smallest absolute Gasteiger partial charge is 0.119 e. The van der Waals surface area contributed by atoms with E-state index in [0.29, 0.717) is 0 Å². The molecule has 0 spiro atoms. The Morgan fingerprint density at radius 3 is 3.35 bits per heavy atom. The minimum absolute atomic E-state index is 0.149. The van der Waals surface area contributed by atoms with Crippen LogP contribution < -0.4 is 4.74 Å². The summed E-state index contributed by atoms with van der Waals surface area (Å²) in [6, 6.07) is -5.37. The van der Waals surface area contributed by atoms with Gasteiger partial charge >= 0.3 is 0 Å². The van der Waals surface area contributed by atoms with Gasteiger partial charge in [-0.1, -0.05) is 18.9 Å². The fourth-order valence-electron chi connectivity index (χ4n) is 3.35. The monoisotopic (exact) mass is 285 g/mol. The van der Waals surface area contributed by atoms with Crippen LogP contribution in [0.25, 0.3) is 0 Å². The molecular weight excluding hydrogens is 246 g/mol. The van der Waals surface area contributed by atoms with E-state index < -0.39 is 78.5 Å². The third-order valence-corrected chi connectivity index (χ3v) is 4.30. The van der Waals surface area contributed by atoms with Crippen LogP contribution in [0.1, 0.15) is 62.4 Å². The van der Waals surface area contributed by atoms with Crippen LogP contribution in [-0.4, -0.2) is 31.5 Å². The molecule has 4 rings (SSSR count). The Morgan fingerprint density at radius 1 is 1.55 bits per heavy atom. The Labute approximate surface area is 141 Å². The van der Waals surface area contributed by atoms with Crippen LogP contribution in [-0.2, 0) is 11.8 Å². The molecule has 1 saturated heterocycles. The predicted molar refractivity (Wildman–Crippen MR) is 81.4 cm³/mol. The van der Waals surface area contributed by atoms with Crippen LogP contribution in [0.15, 0.2) is 18.1 Å². The molecule has 2 heteroatoms. The van der Waals surface area contributed by atoms with Crippen molar-refractivity contribution in [3.63, 3.8) is 0 Å². The zero-order valence-corrected chi connectivity index (χ0v) is 11.2. The molecule has 3 atom stereocenters. The molecule has 2 nitrogen and oxygen atoms in total. The van der Waals surface area contributed by atoms with E-state index >= 15 is 0 Å². The Morgan fingerprint density at radius 2 is 2.50 bits per heavy atom. The number of hydrogen-bond donors (Lipinski definition) is 0. The average molecular weight is 285 g/mol. The summed E-state index contributed by atoms with van der Waals surface area (Å²) in [6.07, 6.45) is -6.55. The Kier molecular flexibility index (Phi) is 1.06. The molecule has 1 aliphatic heterocycles. The number of nitrogens with zero attached hydrogens (tertiary/aromatic N) is 1. The lowest BCUT2D eigenvalue weighted by Crippen LogP contribution is -2.59. The molecule has 0 N–H and O–H groups in total. The molecule has 2 bridgehead atoms. The SMILES string of the molecule is [2H]c1c([2H])c2c(c([2H])c1OC)[C@]13CCCC[C@]1([2H])[C@@]([2H])(N(C([2H])([2H])[2H])C([2H])([2H])C3([2H])[2H])C2([2H])[2H]. The lowest BCUT2D eigenvalue weighted by molar-refractivity contribution is 0.00274. The Balaban J connectivity index is 2.37. The molecule has 0 aromatic heterocycles. The Bertz CT molecular complexity index is 1070. The zero-order chi connectivity index (χ0) is 26.1. The van der Waals surface area contributed by atoms with Crippen LogP contribution in [0, 0.1) is 5.89 Å². The maximum Gasteiger partial charge on any atom is 0.119 e. The van der Waals surface area contributed by atoms with Crippen molar-refractivity contribution in [3.05, 3.63) is 29.3 Å². The highest BCUT2D eigenvalue weighted by Crippen LogP contribution is 2.55. The number of likely N-dealkylation sites (N-methyl/N-ethyl adjacent to an activating group) is 1. The molecule has 0 radical (unpaired) electrons. The van der Waals surface area contributed by atoms with E-state index in [9.17, 15) is 2.74 Å². The van der Waals surface area contributed by atoms with E-state index in [1.165, 1.54) is 0 Å². The van der Waals surface area contributed by atoms with Crippen LogP contribution in [0.3, 0.4) is 0 Å². The minimum Gasteiger partial charge on any atom is -0.497 e. The zero-order valence-electron chi connectivity index (χ0n) is 25.2. The number of piperidine rings is 1. The molecule has 1 heterocycles. The first-order valence-electron chi connectivity index (χ1n) is 13.7. The largest absolute Gasteiger partial charge is 0.497 e. The highest BCUT2D eigenvalue weighted by atomic mass is 16.5. The number of rotatable bonds is 1. The van der Waals surface area contributed by atoms with Gasteiger partial charge in [-0.2, -0.15) is 0 Å². The predicted octanol–water partition coefficient (Wildman–Crippen LogP) is 3.38. The van der Waals surface area contributed by atoms with E-state index in [0.717, 1.165) is 7.11 Å². The maximum absolute atomic E-state index is 9.50. The quantitative estimate of drug-likeness (QED) is 0.784. The number of methoxy groups -OCH3 is 1. The molecule has 108 valence electrons. The van der Waals surface area contributed by atoms with Gasteiger partial charge in [0.15, 0.2) is 0 Å². The summed E-state index contributed by atoms with van der Waals surface area (Å²) in [6.45, 7) is -6.99. The van der Waals surface area contributed by atoms with Crippen LogP contribution >= 0.6 is 0 Å². The van der Waals surface area contributed by atoms with Crippen molar-refractivity contribution in [1.82, 2.24) is 4.90 Å². The molecular formula is C18H25NO. The van der Waals surface area contributed by atoms with Crippen molar-refractivity contribution in [2.45, 2.75) is 49.9 Å². The maximum atomic E-state index is 9.50. The number of hydrogen-bond acceptors (Lipinski definition) is 2. The first-order chi connectivity index (χ1) is 15.2. The van der Waals surface area contributed by atoms with Gasteiger partial charge < -0.3 is 9.64 Å². The molecule has 20 heavy (non-hydrogen) atoms. The molecule has 2 aliphatic carbocycles. The normalized spacial score (nSPS) is 61.9. The van der Waals surface area contributed by atoms with Crippen LogP contribution in [0.5, 0.6) is 5.75 Å². The van der Waals surface area contributed by atoms with Gasteiger partial charge in [0.1, 0.15) is 5.75 Å². The molecule has 1 aromatic rings. The van der Waals surface area contributed by atoms with E-state index in [4.69, 9.17) is 21.2 Å². The number of fused-ring (bicyclic) bond motifs is 1. The van der Waals surface area contributed by atoms with E-state index in [-0.39, 0.29) is 30.6 Å². The van der Waals surface area contributed by atoms with Crippen molar-refractivity contribution < 1.29 is 23.9 Å². The summed E-state index contributed by atoms with van der Waals surface area (Å²) >= 11 is 0. The van der Waals surface area contributed by atoms with Crippen molar-refractivity contribution in [2.24, 2.45) is 5.89 Å². The lowest BCUT2D eigenvalue weighted by Gasteiger charge is -2.58. The Hall–Kier alpha value is -1.02. The summed E-state index contributed by atoms with van der Waals surface area (Å²) in [5.74, 6) is -3.01.